The lowest BCUT2D eigenvalue weighted by Gasteiger charge is -2.25. The van der Waals surface area contributed by atoms with Crippen LogP contribution in [0, 0.1) is 18.7 Å². The van der Waals surface area contributed by atoms with E-state index in [1.165, 1.54) is 11.1 Å². The lowest BCUT2D eigenvalue weighted by molar-refractivity contribution is 0.368. The van der Waals surface area contributed by atoms with Crippen molar-refractivity contribution in [2.75, 3.05) is 6.54 Å². The highest BCUT2D eigenvalue weighted by atomic mass is 19.1. The van der Waals surface area contributed by atoms with Gasteiger partial charge in [-0.1, -0.05) is 48.9 Å². The van der Waals surface area contributed by atoms with E-state index in [4.69, 9.17) is 0 Å². The molecule has 0 fully saturated rings. The number of rotatable bonds is 4. The number of nitrogens with one attached hydrogen (secondary N) is 1. The number of hydrogen-bond donors (Lipinski definition) is 1. The predicted molar refractivity (Wildman–Crippen MR) is 84.9 cm³/mol. The monoisotopic (exact) mass is 283 g/mol. The summed E-state index contributed by atoms with van der Waals surface area (Å²) in [6.07, 6.45) is 2.06. The lowest BCUT2D eigenvalue weighted by Crippen LogP contribution is -2.29. The first-order chi connectivity index (χ1) is 10.2. The number of fused-ring (bicyclic) bond motifs is 1. The van der Waals surface area contributed by atoms with Gasteiger partial charge in [0.15, 0.2) is 0 Å². The Bertz CT molecular complexity index is 610. The zero-order valence-electron chi connectivity index (χ0n) is 12.7. The van der Waals surface area contributed by atoms with E-state index in [0.717, 1.165) is 30.5 Å². The van der Waals surface area contributed by atoms with Gasteiger partial charge in [0.1, 0.15) is 5.82 Å². The molecule has 1 aliphatic carbocycles. The zero-order chi connectivity index (χ0) is 14.8. The molecule has 0 saturated carbocycles. The summed E-state index contributed by atoms with van der Waals surface area (Å²) in [6.45, 7) is 4.96. The second-order valence-electron chi connectivity index (χ2n) is 6.00. The fourth-order valence-electron chi connectivity index (χ4n) is 3.48. The highest BCUT2D eigenvalue weighted by molar-refractivity contribution is 5.35. The number of benzene rings is 2. The molecule has 110 valence electrons. The molecule has 1 unspecified atom stereocenters. The van der Waals surface area contributed by atoms with Gasteiger partial charge in [-0.15, -0.1) is 0 Å². The Morgan fingerprint density at radius 3 is 2.43 bits per heavy atom. The Morgan fingerprint density at radius 1 is 1.14 bits per heavy atom. The number of aryl methyl sites for hydroxylation is 1. The fourth-order valence-corrected chi connectivity index (χ4v) is 3.48. The standard InChI is InChI=1S/C19H22FN/c1-3-21-19(17-10-13(2)8-9-18(17)20)16-11-14-6-4-5-7-15(14)12-16/h4-10,16,19,21H,3,11-12H2,1-2H3. The van der Waals surface area contributed by atoms with Crippen molar-refractivity contribution < 1.29 is 4.39 Å². The molecule has 21 heavy (non-hydrogen) atoms. The average molecular weight is 283 g/mol. The van der Waals surface area contributed by atoms with Gasteiger partial charge in [0.2, 0.25) is 0 Å². The van der Waals surface area contributed by atoms with E-state index in [0.29, 0.717) is 5.92 Å². The summed E-state index contributed by atoms with van der Waals surface area (Å²) in [5.41, 5.74) is 4.76. The smallest absolute Gasteiger partial charge is 0.128 e. The molecule has 0 heterocycles. The summed E-state index contributed by atoms with van der Waals surface area (Å²) in [6, 6.07) is 14.1. The normalized spacial score (nSPS) is 16.0. The van der Waals surface area contributed by atoms with Crippen LogP contribution < -0.4 is 5.32 Å². The van der Waals surface area contributed by atoms with Gasteiger partial charge in [0, 0.05) is 11.6 Å². The first-order valence-corrected chi connectivity index (χ1v) is 7.75. The summed E-state index contributed by atoms with van der Waals surface area (Å²) < 4.78 is 14.3. The third-order valence-corrected chi connectivity index (χ3v) is 4.46. The van der Waals surface area contributed by atoms with Crippen LogP contribution >= 0.6 is 0 Å². The van der Waals surface area contributed by atoms with Crippen molar-refractivity contribution in [2.24, 2.45) is 5.92 Å². The molecule has 0 saturated heterocycles. The molecule has 0 aliphatic heterocycles. The van der Waals surface area contributed by atoms with E-state index in [1.54, 1.807) is 6.07 Å². The second-order valence-corrected chi connectivity index (χ2v) is 6.00. The van der Waals surface area contributed by atoms with Crippen LogP contribution in [0.5, 0.6) is 0 Å². The maximum atomic E-state index is 14.3. The maximum absolute atomic E-state index is 14.3. The topological polar surface area (TPSA) is 12.0 Å². The summed E-state index contributed by atoms with van der Waals surface area (Å²) in [4.78, 5) is 0. The molecule has 0 amide bonds. The number of hydrogen-bond acceptors (Lipinski definition) is 1. The van der Waals surface area contributed by atoms with Crippen LogP contribution in [0.25, 0.3) is 0 Å². The van der Waals surface area contributed by atoms with E-state index in [-0.39, 0.29) is 11.9 Å². The largest absolute Gasteiger partial charge is 0.310 e. The van der Waals surface area contributed by atoms with Gasteiger partial charge >= 0.3 is 0 Å². The van der Waals surface area contributed by atoms with Crippen molar-refractivity contribution >= 4 is 0 Å². The van der Waals surface area contributed by atoms with Crippen LogP contribution in [0.2, 0.25) is 0 Å². The van der Waals surface area contributed by atoms with Gasteiger partial charge in [-0.25, -0.2) is 4.39 Å². The van der Waals surface area contributed by atoms with Crippen molar-refractivity contribution in [3.63, 3.8) is 0 Å². The Hall–Kier alpha value is -1.67. The van der Waals surface area contributed by atoms with Gasteiger partial charge in [-0.2, -0.15) is 0 Å². The zero-order valence-corrected chi connectivity index (χ0v) is 12.7. The summed E-state index contributed by atoms with van der Waals surface area (Å²) in [7, 11) is 0. The predicted octanol–water partition coefficient (Wildman–Crippen LogP) is 4.20. The van der Waals surface area contributed by atoms with E-state index in [9.17, 15) is 4.39 Å². The van der Waals surface area contributed by atoms with Crippen molar-refractivity contribution in [2.45, 2.75) is 32.7 Å². The SMILES string of the molecule is CCNC(c1cc(C)ccc1F)C1Cc2ccccc2C1. The third kappa shape index (κ3) is 2.86. The summed E-state index contributed by atoms with van der Waals surface area (Å²) in [5.74, 6) is 0.334. The Kier molecular flexibility index (Phi) is 4.07. The highest BCUT2D eigenvalue weighted by Crippen LogP contribution is 2.36. The molecule has 1 N–H and O–H groups in total. The molecule has 0 spiro atoms. The van der Waals surface area contributed by atoms with Gasteiger partial charge in [-0.3, -0.25) is 0 Å². The van der Waals surface area contributed by atoms with Crippen LogP contribution in [0.1, 0.15) is 35.2 Å². The minimum Gasteiger partial charge on any atom is -0.310 e. The Labute approximate surface area is 126 Å². The fraction of sp³-hybridized carbons (Fsp3) is 0.368. The minimum atomic E-state index is -0.0949. The lowest BCUT2D eigenvalue weighted by atomic mass is 9.89. The number of halogens is 1. The quantitative estimate of drug-likeness (QED) is 0.886. The van der Waals surface area contributed by atoms with Crippen LogP contribution in [-0.2, 0) is 12.8 Å². The van der Waals surface area contributed by atoms with E-state index < -0.39 is 0 Å². The molecule has 3 rings (SSSR count). The van der Waals surface area contributed by atoms with Gasteiger partial charge < -0.3 is 5.32 Å². The Morgan fingerprint density at radius 2 is 1.81 bits per heavy atom. The molecule has 1 atom stereocenters. The molecule has 0 aromatic heterocycles. The highest BCUT2D eigenvalue weighted by Gasteiger charge is 2.30. The summed E-state index contributed by atoms with van der Waals surface area (Å²) in [5, 5.41) is 3.50. The van der Waals surface area contributed by atoms with Crippen LogP contribution in [0.15, 0.2) is 42.5 Å². The van der Waals surface area contributed by atoms with Crippen molar-refractivity contribution in [1.29, 1.82) is 0 Å². The Balaban J connectivity index is 1.91. The van der Waals surface area contributed by atoms with E-state index in [1.807, 2.05) is 19.1 Å². The first kappa shape index (κ1) is 14.3. The van der Waals surface area contributed by atoms with Crippen LogP contribution in [0.4, 0.5) is 4.39 Å². The first-order valence-electron chi connectivity index (χ1n) is 7.75. The molecular formula is C19H22FN. The molecule has 0 radical (unpaired) electrons. The second kappa shape index (κ2) is 5.98. The molecule has 2 aromatic rings. The van der Waals surface area contributed by atoms with E-state index >= 15 is 0 Å². The van der Waals surface area contributed by atoms with Gasteiger partial charge in [0.05, 0.1) is 0 Å². The summed E-state index contributed by atoms with van der Waals surface area (Å²) >= 11 is 0. The molecule has 1 nitrogen and oxygen atoms in total. The van der Waals surface area contributed by atoms with Gasteiger partial charge in [-0.05, 0) is 49.4 Å². The van der Waals surface area contributed by atoms with Crippen LogP contribution in [-0.4, -0.2) is 6.54 Å². The molecule has 2 aromatic carbocycles. The van der Waals surface area contributed by atoms with Crippen molar-refractivity contribution in [3.8, 4) is 0 Å². The molecule has 1 aliphatic rings. The molecular weight excluding hydrogens is 261 g/mol. The minimum absolute atomic E-state index is 0.0855. The molecule has 0 bridgehead atoms. The van der Waals surface area contributed by atoms with Crippen molar-refractivity contribution in [1.82, 2.24) is 5.32 Å². The van der Waals surface area contributed by atoms with Crippen molar-refractivity contribution in [3.05, 3.63) is 70.5 Å². The molecule has 2 heteroatoms. The van der Waals surface area contributed by atoms with Crippen LogP contribution in [0.3, 0.4) is 0 Å². The maximum Gasteiger partial charge on any atom is 0.128 e. The van der Waals surface area contributed by atoms with Gasteiger partial charge in [0.25, 0.3) is 0 Å². The van der Waals surface area contributed by atoms with E-state index in [2.05, 4.69) is 36.5 Å². The average Bonchev–Trinajstić information content (AvgIpc) is 2.91. The third-order valence-electron chi connectivity index (χ3n) is 4.46.